The second-order valence-corrected chi connectivity index (χ2v) is 6.00. The quantitative estimate of drug-likeness (QED) is 0.769. The van der Waals surface area contributed by atoms with Crippen molar-refractivity contribution in [1.29, 1.82) is 0 Å². The normalized spacial score (nSPS) is 12.2. The van der Waals surface area contributed by atoms with Crippen molar-refractivity contribution in [3.8, 4) is 0 Å². The van der Waals surface area contributed by atoms with Crippen LogP contribution >= 0.6 is 11.3 Å². The average molecular weight is 289 g/mol. The molecule has 2 rings (SSSR count). The van der Waals surface area contributed by atoms with Gasteiger partial charge < -0.3 is 4.74 Å². The van der Waals surface area contributed by atoms with E-state index in [2.05, 4.69) is 18.8 Å². The summed E-state index contributed by atoms with van der Waals surface area (Å²) in [7, 11) is 0. The highest BCUT2D eigenvalue weighted by Gasteiger charge is 2.17. The Morgan fingerprint density at radius 3 is 2.90 bits per heavy atom. The molecule has 2 aromatic rings. The molecule has 0 amide bonds. The molecule has 2 aromatic heterocycles. The highest BCUT2D eigenvalue weighted by molar-refractivity contribution is 7.14. The minimum Gasteiger partial charge on any atom is -0.452 e. The molecule has 0 aliphatic carbocycles. The van der Waals surface area contributed by atoms with Gasteiger partial charge in [0.1, 0.15) is 11.0 Å². The lowest BCUT2D eigenvalue weighted by Gasteiger charge is -2.11. The molecule has 4 heteroatoms. The molecule has 0 aliphatic rings. The molecule has 0 aliphatic heterocycles. The van der Waals surface area contributed by atoms with Gasteiger partial charge in [-0.2, -0.15) is 0 Å². The molecular weight excluding hydrogens is 270 g/mol. The standard InChI is InChI=1S/C16H19NO2S/c1-4-7-13-10-15(20-12(13)3)16(18)19-11(2)14-8-5-6-9-17-14/h5-6,8-11H,4,7H2,1-3H3. The third kappa shape index (κ3) is 3.45. The van der Waals surface area contributed by atoms with E-state index in [1.807, 2.05) is 31.2 Å². The van der Waals surface area contributed by atoms with E-state index in [-0.39, 0.29) is 12.1 Å². The lowest BCUT2D eigenvalue weighted by molar-refractivity contribution is 0.0335. The van der Waals surface area contributed by atoms with Crippen molar-refractivity contribution in [1.82, 2.24) is 4.98 Å². The summed E-state index contributed by atoms with van der Waals surface area (Å²) in [5.41, 5.74) is 2.01. The molecule has 0 aromatic carbocycles. The SMILES string of the molecule is CCCc1cc(C(=O)OC(C)c2ccccn2)sc1C. The maximum Gasteiger partial charge on any atom is 0.348 e. The molecule has 1 atom stereocenters. The number of nitrogens with zero attached hydrogens (tertiary/aromatic N) is 1. The van der Waals surface area contributed by atoms with Gasteiger partial charge in [-0.25, -0.2) is 4.79 Å². The topological polar surface area (TPSA) is 39.2 Å². The van der Waals surface area contributed by atoms with E-state index in [9.17, 15) is 4.79 Å². The number of thiophene rings is 1. The molecule has 0 fully saturated rings. The number of carbonyl (C=O) groups is 1. The summed E-state index contributed by atoms with van der Waals surface area (Å²) in [6, 6.07) is 7.55. The molecule has 0 radical (unpaired) electrons. The largest absolute Gasteiger partial charge is 0.452 e. The lowest BCUT2D eigenvalue weighted by Crippen LogP contribution is -2.08. The van der Waals surface area contributed by atoms with Crippen LogP contribution in [0, 0.1) is 6.92 Å². The molecular formula is C16H19NO2S. The maximum atomic E-state index is 12.2. The van der Waals surface area contributed by atoms with Gasteiger partial charge in [-0.3, -0.25) is 4.98 Å². The summed E-state index contributed by atoms with van der Waals surface area (Å²) in [4.78, 5) is 18.2. The van der Waals surface area contributed by atoms with E-state index in [4.69, 9.17) is 4.74 Å². The summed E-state index contributed by atoms with van der Waals surface area (Å²) >= 11 is 1.50. The maximum absolute atomic E-state index is 12.2. The fraction of sp³-hybridized carbons (Fsp3) is 0.375. The molecule has 0 bridgehead atoms. The monoisotopic (exact) mass is 289 g/mol. The Morgan fingerprint density at radius 1 is 1.45 bits per heavy atom. The first-order valence-corrected chi connectivity index (χ1v) is 7.64. The molecule has 2 heterocycles. The number of aromatic nitrogens is 1. The zero-order valence-corrected chi connectivity index (χ0v) is 12.9. The molecule has 106 valence electrons. The predicted molar refractivity (Wildman–Crippen MR) is 81.1 cm³/mol. The van der Waals surface area contributed by atoms with Crippen LogP contribution in [0.4, 0.5) is 0 Å². The molecule has 1 unspecified atom stereocenters. The minimum absolute atomic E-state index is 0.265. The zero-order valence-electron chi connectivity index (χ0n) is 12.1. The second-order valence-electron chi connectivity index (χ2n) is 4.74. The molecule has 0 spiro atoms. The van der Waals surface area contributed by atoms with Crippen LogP contribution in [-0.4, -0.2) is 11.0 Å². The third-order valence-corrected chi connectivity index (χ3v) is 4.20. The van der Waals surface area contributed by atoms with Crippen molar-refractivity contribution >= 4 is 17.3 Å². The van der Waals surface area contributed by atoms with Gasteiger partial charge in [0.05, 0.1) is 5.69 Å². The number of ether oxygens (including phenoxy) is 1. The van der Waals surface area contributed by atoms with Gasteiger partial charge in [0.25, 0.3) is 0 Å². The number of esters is 1. The van der Waals surface area contributed by atoms with Gasteiger partial charge in [0.15, 0.2) is 0 Å². The van der Waals surface area contributed by atoms with Crippen molar-refractivity contribution in [3.63, 3.8) is 0 Å². The summed E-state index contributed by atoms with van der Waals surface area (Å²) < 4.78 is 5.48. The van der Waals surface area contributed by atoms with Crippen LogP contribution in [0.3, 0.4) is 0 Å². The summed E-state index contributed by atoms with van der Waals surface area (Å²) in [6.45, 7) is 6.03. The van der Waals surface area contributed by atoms with Crippen LogP contribution in [0.1, 0.15) is 52.2 Å². The van der Waals surface area contributed by atoms with Crippen LogP contribution in [0.15, 0.2) is 30.5 Å². The second kappa shape index (κ2) is 6.66. The zero-order chi connectivity index (χ0) is 14.5. The number of aryl methyl sites for hydroxylation is 2. The first kappa shape index (κ1) is 14.7. The van der Waals surface area contributed by atoms with Crippen molar-refractivity contribution in [2.24, 2.45) is 0 Å². The van der Waals surface area contributed by atoms with E-state index >= 15 is 0 Å². The van der Waals surface area contributed by atoms with E-state index in [0.29, 0.717) is 4.88 Å². The van der Waals surface area contributed by atoms with Crippen molar-refractivity contribution in [3.05, 3.63) is 51.5 Å². The van der Waals surface area contributed by atoms with Crippen LogP contribution in [-0.2, 0) is 11.2 Å². The number of carbonyl (C=O) groups excluding carboxylic acids is 1. The predicted octanol–water partition coefficient (Wildman–Crippen LogP) is 4.32. The van der Waals surface area contributed by atoms with Crippen LogP contribution in [0.5, 0.6) is 0 Å². The highest BCUT2D eigenvalue weighted by Crippen LogP contribution is 2.25. The van der Waals surface area contributed by atoms with Gasteiger partial charge in [-0.15, -0.1) is 11.3 Å². The Balaban J connectivity index is 2.06. The molecule has 20 heavy (non-hydrogen) atoms. The van der Waals surface area contributed by atoms with E-state index in [1.54, 1.807) is 6.20 Å². The number of pyridine rings is 1. The fourth-order valence-electron chi connectivity index (χ4n) is 2.03. The number of rotatable bonds is 5. The molecule has 3 nitrogen and oxygen atoms in total. The first-order chi connectivity index (χ1) is 9.61. The summed E-state index contributed by atoms with van der Waals surface area (Å²) in [5.74, 6) is -0.265. The molecule has 0 N–H and O–H groups in total. The van der Waals surface area contributed by atoms with Gasteiger partial charge in [0, 0.05) is 11.1 Å². The van der Waals surface area contributed by atoms with Crippen LogP contribution < -0.4 is 0 Å². The van der Waals surface area contributed by atoms with Crippen LogP contribution in [0.25, 0.3) is 0 Å². The van der Waals surface area contributed by atoms with Gasteiger partial charge in [-0.05, 0) is 44.0 Å². The Morgan fingerprint density at radius 2 is 2.25 bits per heavy atom. The van der Waals surface area contributed by atoms with Gasteiger partial charge in [-0.1, -0.05) is 19.4 Å². The van der Waals surface area contributed by atoms with E-state index in [0.717, 1.165) is 18.5 Å². The number of hydrogen-bond acceptors (Lipinski definition) is 4. The Kier molecular flexibility index (Phi) is 4.90. The Bertz CT molecular complexity index is 577. The van der Waals surface area contributed by atoms with E-state index < -0.39 is 0 Å². The summed E-state index contributed by atoms with van der Waals surface area (Å²) in [5, 5.41) is 0. The summed E-state index contributed by atoms with van der Waals surface area (Å²) in [6.07, 6.45) is 3.46. The smallest absolute Gasteiger partial charge is 0.348 e. The fourth-order valence-corrected chi connectivity index (χ4v) is 2.99. The minimum atomic E-state index is -0.333. The van der Waals surface area contributed by atoms with Crippen LogP contribution in [0.2, 0.25) is 0 Å². The lowest BCUT2D eigenvalue weighted by atomic mass is 10.1. The van der Waals surface area contributed by atoms with Crippen molar-refractivity contribution in [2.75, 3.05) is 0 Å². The third-order valence-electron chi connectivity index (χ3n) is 3.13. The first-order valence-electron chi connectivity index (χ1n) is 6.83. The average Bonchev–Trinajstić information content (AvgIpc) is 2.82. The highest BCUT2D eigenvalue weighted by atomic mass is 32.1. The molecule has 0 saturated carbocycles. The Hall–Kier alpha value is -1.68. The van der Waals surface area contributed by atoms with Gasteiger partial charge in [0.2, 0.25) is 0 Å². The van der Waals surface area contributed by atoms with Crippen molar-refractivity contribution < 1.29 is 9.53 Å². The van der Waals surface area contributed by atoms with Gasteiger partial charge >= 0.3 is 5.97 Å². The van der Waals surface area contributed by atoms with E-state index in [1.165, 1.54) is 21.8 Å². The molecule has 0 saturated heterocycles. The Labute approximate surface area is 123 Å². The number of hydrogen-bond donors (Lipinski definition) is 0. The van der Waals surface area contributed by atoms with Crippen molar-refractivity contribution in [2.45, 2.75) is 39.7 Å².